The maximum absolute atomic E-state index is 11.3. The molecule has 3 N–H and O–H groups in total. The van der Waals surface area contributed by atoms with E-state index in [1.807, 2.05) is 13.8 Å². The fraction of sp³-hybridized carbons (Fsp3) is 0.556. The van der Waals surface area contributed by atoms with Gasteiger partial charge in [0.2, 0.25) is 5.91 Å². The van der Waals surface area contributed by atoms with Gasteiger partial charge in [0, 0.05) is 4.88 Å². The minimum absolute atomic E-state index is 0. The maximum atomic E-state index is 11.3. The van der Waals surface area contributed by atoms with E-state index >= 15 is 0 Å². The van der Waals surface area contributed by atoms with Crippen LogP contribution in [0.4, 0.5) is 0 Å². The highest BCUT2D eigenvalue weighted by Crippen LogP contribution is 2.20. The molecule has 2 unspecified atom stereocenters. The van der Waals surface area contributed by atoms with E-state index < -0.39 is 6.04 Å². The molecule has 86 valence electrons. The lowest BCUT2D eigenvalue weighted by atomic mass is 10.2. The molecule has 0 bridgehead atoms. The molecule has 1 heterocycles. The molecule has 4 nitrogen and oxygen atoms in total. The van der Waals surface area contributed by atoms with Crippen LogP contribution in [0.15, 0.2) is 5.51 Å². The lowest BCUT2D eigenvalue weighted by Crippen LogP contribution is -2.39. The first-order valence-corrected chi connectivity index (χ1v) is 5.36. The molecule has 2 atom stereocenters. The number of amides is 1. The number of carbonyl (C=O) groups excluding carboxylic acids is 1. The third kappa shape index (κ3) is 3.77. The number of thiazole rings is 1. The van der Waals surface area contributed by atoms with Crippen molar-refractivity contribution < 1.29 is 4.79 Å². The van der Waals surface area contributed by atoms with Crippen LogP contribution in [0.1, 0.15) is 30.5 Å². The van der Waals surface area contributed by atoms with Gasteiger partial charge >= 0.3 is 0 Å². The third-order valence-electron chi connectivity index (χ3n) is 1.95. The van der Waals surface area contributed by atoms with Crippen molar-refractivity contribution in [1.29, 1.82) is 0 Å². The molecule has 1 amide bonds. The Morgan fingerprint density at radius 1 is 1.60 bits per heavy atom. The molecule has 0 saturated carbocycles. The number of hydrogen-bond acceptors (Lipinski definition) is 4. The van der Waals surface area contributed by atoms with Gasteiger partial charge in [-0.25, -0.2) is 4.98 Å². The lowest BCUT2D eigenvalue weighted by molar-refractivity contribution is -0.122. The van der Waals surface area contributed by atoms with Crippen LogP contribution in [0, 0.1) is 6.92 Å². The van der Waals surface area contributed by atoms with Gasteiger partial charge in [0.15, 0.2) is 0 Å². The van der Waals surface area contributed by atoms with Gasteiger partial charge < -0.3 is 11.1 Å². The zero-order valence-electron chi connectivity index (χ0n) is 8.98. The van der Waals surface area contributed by atoms with E-state index in [-0.39, 0.29) is 24.4 Å². The number of hydrogen-bond donors (Lipinski definition) is 2. The number of aromatic nitrogens is 1. The van der Waals surface area contributed by atoms with Crippen LogP contribution in [0.5, 0.6) is 0 Å². The van der Waals surface area contributed by atoms with Crippen molar-refractivity contribution in [3.63, 3.8) is 0 Å². The minimum Gasteiger partial charge on any atom is -0.347 e. The van der Waals surface area contributed by atoms with Gasteiger partial charge in [0.05, 0.1) is 23.3 Å². The Morgan fingerprint density at radius 3 is 2.60 bits per heavy atom. The number of nitrogens with zero attached hydrogens (tertiary/aromatic N) is 1. The molecule has 0 saturated heterocycles. The average Bonchev–Trinajstić information content (AvgIpc) is 2.51. The number of rotatable bonds is 3. The summed E-state index contributed by atoms with van der Waals surface area (Å²) in [6.07, 6.45) is 0. The molecule has 0 aliphatic rings. The van der Waals surface area contributed by atoms with E-state index in [0.717, 1.165) is 10.6 Å². The minimum atomic E-state index is -0.467. The highest BCUT2D eigenvalue weighted by molar-refractivity contribution is 7.09. The normalized spacial score (nSPS) is 13.9. The highest BCUT2D eigenvalue weighted by atomic mass is 35.5. The number of nitrogens with one attached hydrogen (secondary N) is 1. The smallest absolute Gasteiger partial charge is 0.237 e. The van der Waals surface area contributed by atoms with Crippen LogP contribution in [0.2, 0.25) is 0 Å². The van der Waals surface area contributed by atoms with Crippen molar-refractivity contribution in [1.82, 2.24) is 10.3 Å². The van der Waals surface area contributed by atoms with E-state index in [9.17, 15) is 4.79 Å². The molecular formula is C9H16ClN3OS. The van der Waals surface area contributed by atoms with E-state index in [1.54, 1.807) is 23.8 Å². The first-order chi connectivity index (χ1) is 6.52. The van der Waals surface area contributed by atoms with Gasteiger partial charge in [0.1, 0.15) is 0 Å². The summed E-state index contributed by atoms with van der Waals surface area (Å²) >= 11 is 1.54. The van der Waals surface area contributed by atoms with Gasteiger partial charge in [-0.15, -0.1) is 23.7 Å². The summed E-state index contributed by atoms with van der Waals surface area (Å²) in [5.74, 6) is -0.134. The van der Waals surface area contributed by atoms with Crippen molar-refractivity contribution in [3.8, 4) is 0 Å². The molecule has 1 rings (SSSR count). The van der Waals surface area contributed by atoms with Gasteiger partial charge in [-0.3, -0.25) is 4.79 Å². The van der Waals surface area contributed by atoms with Gasteiger partial charge in [-0.2, -0.15) is 0 Å². The van der Waals surface area contributed by atoms with Gasteiger partial charge in [0.25, 0.3) is 0 Å². The summed E-state index contributed by atoms with van der Waals surface area (Å²) in [5.41, 5.74) is 8.19. The first kappa shape index (κ1) is 14.3. The van der Waals surface area contributed by atoms with Gasteiger partial charge in [-0.1, -0.05) is 0 Å². The summed E-state index contributed by atoms with van der Waals surface area (Å²) in [5, 5.41) is 2.83. The van der Waals surface area contributed by atoms with Crippen molar-refractivity contribution >= 4 is 29.7 Å². The second-order valence-corrected chi connectivity index (χ2v) is 4.21. The van der Waals surface area contributed by atoms with Crippen molar-refractivity contribution in [2.24, 2.45) is 5.73 Å². The quantitative estimate of drug-likeness (QED) is 0.851. The number of halogens is 1. The van der Waals surface area contributed by atoms with Crippen LogP contribution in [0.25, 0.3) is 0 Å². The molecule has 1 aromatic heterocycles. The van der Waals surface area contributed by atoms with E-state index in [0.29, 0.717) is 0 Å². The molecule has 0 aromatic carbocycles. The number of carbonyl (C=O) groups is 1. The van der Waals surface area contributed by atoms with E-state index in [1.165, 1.54) is 0 Å². The molecule has 0 spiro atoms. The second kappa shape index (κ2) is 6.05. The van der Waals surface area contributed by atoms with Gasteiger partial charge in [-0.05, 0) is 20.8 Å². The van der Waals surface area contributed by atoms with Crippen molar-refractivity contribution in [2.75, 3.05) is 0 Å². The fourth-order valence-electron chi connectivity index (χ4n) is 1.14. The fourth-order valence-corrected chi connectivity index (χ4v) is 1.95. The first-order valence-electron chi connectivity index (χ1n) is 4.48. The monoisotopic (exact) mass is 249 g/mol. The summed E-state index contributed by atoms with van der Waals surface area (Å²) in [7, 11) is 0. The zero-order valence-corrected chi connectivity index (χ0v) is 10.6. The molecular weight excluding hydrogens is 234 g/mol. The van der Waals surface area contributed by atoms with Crippen LogP contribution in [-0.4, -0.2) is 16.9 Å². The summed E-state index contributed by atoms with van der Waals surface area (Å²) in [6, 6.07) is -0.480. The van der Waals surface area contributed by atoms with Crippen LogP contribution < -0.4 is 11.1 Å². The third-order valence-corrected chi connectivity index (χ3v) is 3.06. The molecule has 1 aromatic rings. The Balaban J connectivity index is 0.00000196. The van der Waals surface area contributed by atoms with E-state index in [2.05, 4.69) is 10.3 Å². The second-order valence-electron chi connectivity index (χ2n) is 3.32. The van der Waals surface area contributed by atoms with Crippen LogP contribution in [0.3, 0.4) is 0 Å². The lowest BCUT2D eigenvalue weighted by Gasteiger charge is -2.14. The SMILES string of the molecule is Cc1ncsc1C(C)NC(=O)C(C)N.Cl. The Morgan fingerprint density at radius 2 is 2.20 bits per heavy atom. The van der Waals surface area contributed by atoms with Crippen molar-refractivity contribution in [2.45, 2.75) is 32.9 Å². The average molecular weight is 250 g/mol. The Hall–Kier alpha value is -0.650. The van der Waals surface area contributed by atoms with Crippen molar-refractivity contribution in [3.05, 3.63) is 16.1 Å². The molecule has 6 heteroatoms. The number of aryl methyl sites for hydroxylation is 1. The summed E-state index contributed by atoms with van der Waals surface area (Å²) in [4.78, 5) is 16.5. The van der Waals surface area contributed by atoms with Crippen LogP contribution in [-0.2, 0) is 4.79 Å². The highest BCUT2D eigenvalue weighted by Gasteiger charge is 2.15. The van der Waals surface area contributed by atoms with E-state index in [4.69, 9.17) is 5.73 Å². The Bertz CT molecular complexity index is 327. The predicted molar refractivity (Wildman–Crippen MR) is 64.3 cm³/mol. The molecule has 0 aliphatic carbocycles. The largest absolute Gasteiger partial charge is 0.347 e. The Labute approximate surface area is 99.7 Å². The summed E-state index contributed by atoms with van der Waals surface area (Å²) < 4.78 is 0. The summed E-state index contributed by atoms with van der Waals surface area (Å²) in [6.45, 7) is 5.53. The Kier molecular flexibility index (Phi) is 5.79. The van der Waals surface area contributed by atoms with Crippen LogP contribution >= 0.6 is 23.7 Å². The maximum Gasteiger partial charge on any atom is 0.237 e. The molecule has 0 fully saturated rings. The topological polar surface area (TPSA) is 68.0 Å². The molecule has 0 radical (unpaired) electrons. The molecule has 15 heavy (non-hydrogen) atoms. The predicted octanol–water partition coefficient (Wildman–Crippen LogP) is 1.40. The molecule has 0 aliphatic heterocycles. The zero-order chi connectivity index (χ0) is 10.7. The standard InChI is InChI=1S/C9H15N3OS.ClH/c1-5(10)9(13)12-7(3)8-6(2)11-4-14-8;/h4-5,7H,10H2,1-3H3,(H,12,13);1H. The number of nitrogens with two attached hydrogens (primary N) is 1.